The van der Waals surface area contributed by atoms with Crippen LogP contribution in [-0.2, 0) is 6.18 Å². The molecule has 3 rings (SSSR count). The number of hydrogen-bond donors (Lipinski definition) is 1. The van der Waals surface area contributed by atoms with E-state index in [4.69, 9.17) is 0 Å². The van der Waals surface area contributed by atoms with Crippen LogP contribution in [0, 0.1) is 11.8 Å². The van der Waals surface area contributed by atoms with Crippen LogP contribution < -0.4 is 10.2 Å². The Morgan fingerprint density at radius 3 is 2.22 bits per heavy atom. The molecule has 0 unspecified atom stereocenters. The zero-order valence-corrected chi connectivity index (χ0v) is 17.1. The average molecular weight is 436 g/mol. The van der Waals surface area contributed by atoms with Crippen LogP contribution in [0.5, 0.6) is 0 Å². The van der Waals surface area contributed by atoms with Gasteiger partial charge in [0.1, 0.15) is 0 Å². The highest BCUT2D eigenvalue weighted by atomic mass is 19.4. The third kappa shape index (κ3) is 5.76. The fourth-order valence-electron chi connectivity index (χ4n) is 2.87. The first-order chi connectivity index (χ1) is 15.3. The average Bonchev–Trinajstić information content (AvgIpc) is 2.81. The largest absolute Gasteiger partial charge is 0.416 e. The van der Waals surface area contributed by atoms with Crippen LogP contribution in [-0.4, -0.2) is 25.4 Å². The van der Waals surface area contributed by atoms with Crippen LogP contribution in [0.15, 0.2) is 78.9 Å². The van der Waals surface area contributed by atoms with Crippen molar-refractivity contribution >= 4 is 17.5 Å². The summed E-state index contributed by atoms with van der Waals surface area (Å²) in [6, 6.07) is 19.9. The molecule has 3 aromatic carbocycles. The van der Waals surface area contributed by atoms with Crippen LogP contribution in [0.4, 0.5) is 18.9 Å². The van der Waals surface area contributed by atoms with Crippen LogP contribution in [0.3, 0.4) is 0 Å². The number of amides is 2. The Labute approximate surface area is 183 Å². The number of halogens is 3. The Kier molecular flexibility index (Phi) is 6.96. The smallest absolute Gasteiger partial charge is 0.341 e. The van der Waals surface area contributed by atoms with E-state index in [1.54, 1.807) is 25.2 Å². The quantitative estimate of drug-likeness (QED) is 0.600. The summed E-state index contributed by atoms with van der Waals surface area (Å²) in [6.07, 6.45) is -4.40. The second kappa shape index (κ2) is 9.84. The van der Waals surface area contributed by atoms with E-state index in [0.29, 0.717) is 16.7 Å². The Hall–Kier alpha value is -4.05. The highest BCUT2D eigenvalue weighted by Gasteiger charge is 2.29. The van der Waals surface area contributed by atoms with Crippen molar-refractivity contribution in [1.29, 1.82) is 0 Å². The predicted molar refractivity (Wildman–Crippen MR) is 116 cm³/mol. The third-order valence-electron chi connectivity index (χ3n) is 4.60. The van der Waals surface area contributed by atoms with E-state index < -0.39 is 17.6 Å². The van der Waals surface area contributed by atoms with Crippen molar-refractivity contribution in [3.05, 3.63) is 101 Å². The summed E-state index contributed by atoms with van der Waals surface area (Å²) >= 11 is 0. The topological polar surface area (TPSA) is 49.4 Å². The lowest BCUT2D eigenvalue weighted by molar-refractivity contribution is -0.137. The number of nitrogens with one attached hydrogen (secondary N) is 1. The summed E-state index contributed by atoms with van der Waals surface area (Å²) in [5, 5.41) is 2.61. The number of alkyl halides is 3. The molecule has 0 heterocycles. The van der Waals surface area contributed by atoms with Gasteiger partial charge in [0.15, 0.2) is 0 Å². The molecule has 0 saturated carbocycles. The van der Waals surface area contributed by atoms with Gasteiger partial charge in [-0.15, -0.1) is 0 Å². The van der Waals surface area contributed by atoms with Gasteiger partial charge in [0.05, 0.1) is 12.1 Å². The van der Waals surface area contributed by atoms with Crippen molar-refractivity contribution in [1.82, 2.24) is 5.32 Å². The van der Waals surface area contributed by atoms with Gasteiger partial charge in [-0.1, -0.05) is 36.1 Å². The molecule has 3 aromatic rings. The monoisotopic (exact) mass is 436 g/mol. The highest BCUT2D eigenvalue weighted by molar-refractivity contribution is 6.07. The van der Waals surface area contributed by atoms with Crippen molar-refractivity contribution in [2.45, 2.75) is 6.18 Å². The lowest BCUT2D eigenvalue weighted by Crippen LogP contribution is -2.27. The molecule has 0 aromatic heterocycles. The van der Waals surface area contributed by atoms with Crippen molar-refractivity contribution in [3.8, 4) is 11.8 Å². The summed E-state index contributed by atoms with van der Waals surface area (Å²) in [4.78, 5) is 26.6. The summed E-state index contributed by atoms with van der Waals surface area (Å²) in [5.74, 6) is 4.73. The Morgan fingerprint density at radius 1 is 0.906 bits per heavy atom. The van der Waals surface area contributed by atoms with E-state index in [0.717, 1.165) is 17.8 Å². The number of hydrogen-bond acceptors (Lipinski definition) is 2. The van der Waals surface area contributed by atoms with Crippen LogP contribution in [0.1, 0.15) is 31.8 Å². The minimum atomic E-state index is -4.40. The number of rotatable bonds is 4. The van der Waals surface area contributed by atoms with Crippen LogP contribution in [0.2, 0.25) is 0 Å². The molecular weight excluding hydrogens is 417 g/mol. The maximum absolute atomic E-state index is 12.7. The number of nitrogens with zero attached hydrogens (tertiary/aromatic N) is 1. The van der Waals surface area contributed by atoms with Gasteiger partial charge in [-0.05, 0) is 54.6 Å². The third-order valence-corrected chi connectivity index (χ3v) is 4.60. The summed E-state index contributed by atoms with van der Waals surface area (Å²) in [7, 11) is 1.65. The standard InChI is InChI=1S/C25H19F3N2O2/c1-30(22-10-3-2-4-11-22)24(32)20-9-5-8-19(17-20)23(31)29-16-6-7-18-12-14-21(15-13-18)25(26,27)28/h2-5,8-15,17H,16H2,1H3,(H,29,31). The maximum Gasteiger partial charge on any atom is 0.416 e. The van der Waals surface area contributed by atoms with Gasteiger partial charge in [-0.2, -0.15) is 13.2 Å². The predicted octanol–water partition coefficient (Wildman–Crippen LogP) is 4.76. The molecule has 0 saturated heterocycles. The zero-order chi connectivity index (χ0) is 23.1. The molecule has 0 fully saturated rings. The molecule has 162 valence electrons. The molecule has 0 aliphatic rings. The number of carbonyl (C=O) groups is 2. The molecular formula is C25H19F3N2O2. The molecule has 0 bridgehead atoms. The van der Waals surface area contributed by atoms with E-state index in [1.165, 1.54) is 23.1 Å². The maximum atomic E-state index is 12.7. The first-order valence-electron chi connectivity index (χ1n) is 9.63. The first-order valence-corrected chi connectivity index (χ1v) is 9.63. The highest BCUT2D eigenvalue weighted by Crippen LogP contribution is 2.28. The van der Waals surface area contributed by atoms with Gasteiger partial charge in [0.2, 0.25) is 0 Å². The number of benzene rings is 3. The zero-order valence-electron chi connectivity index (χ0n) is 17.1. The Bertz CT molecular complexity index is 1160. The van der Waals surface area contributed by atoms with Crippen molar-refractivity contribution in [2.24, 2.45) is 0 Å². The summed E-state index contributed by atoms with van der Waals surface area (Å²) in [6.45, 7) is 0.00193. The molecule has 7 heteroatoms. The van der Waals surface area contributed by atoms with Gasteiger partial charge in [-0.3, -0.25) is 9.59 Å². The van der Waals surface area contributed by atoms with Gasteiger partial charge < -0.3 is 10.2 Å². The van der Waals surface area contributed by atoms with E-state index in [2.05, 4.69) is 17.2 Å². The lowest BCUT2D eigenvalue weighted by Gasteiger charge is -2.17. The van der Waals surface area contributed by atoms with E-state index in [-0.39, 0.29) is 12.5 Å². The first kappa shape index (κ1) is 22.6. The molecule has 0 aliphatic heterocycles. The normalized spacial score (nSPS) is 10.6. The molecule has 0 atom stereocenters. The van der Waals surface area contributed by atoms with Gasteiger partial charge >= 0.3 is 6.18 Å². The number of carbonyl (C=O) groups excluding carboxylic acids is 2. The molecule has 4 nitrogen and oxygen atoms in total. The molecule has 1 N–H and O–H groups in total. The number of para-hydroxylation sites is 1. The summed E-state index contributed by atoms with van der Waals surface area (Å²) in [5.41, 5.74) is 1.05. The summed E-state index contributed by atoms with van der Waals surface area (Å²) < 4.78 is 37.7. The van der Waals surface area contributed by atoms with Crippen molar-refractivity contribution in [2.75, 3.05) is 18.5 Å². The fourth-order valence-corrected chi connectivity index (χ4v) is 2.87. The Balaban J connectivity index is 1.61. The van der Waals surface area contributed by atoms with Gasteiger partial charge in [0, 0.05) is 29.4 Å². The van der Waals surface area contributed by atoms with Gasteiger partial charge in [0.25, 0.3) is 11.8 Å². The van der Waals surface area contributed by atoms with E-state index >= 15 is 0 Å². The molecule has 0 spiro atoms. The van der Waals surface area contributed by atoms with Crippen LogP contribution >= 0.6 is 0 Å². The molecule has 2 amide bonds. The van der Waals surface area contributed by atoms with E-state index in [9.17, 15) is 22.8 Å². The Morgan fingerprint density at radius 2 is 1.56 bits per heavy atom. The van der Waals surface area contributed by atoms with E-state index in [1.807, 2.05) is 30.3 Å². The van der Waals surface area contributed by atoms with Crippen LogP contribution in [0.25, 0.3) is 0 Å². The second-order valence-corrected chi connectivity index (χ2v) is 6.84. The van der Waals surface area contributed by atoms with Gasteiger partial charge in [-0.25, -0.2) is 0 Å². The minimum absolute atomic E-state index is 0.00193. The molecule has 32 heavy (non-hydrogen) atoms. The SMILES string of the molecule is CN(C(=O)c1cccc(C(=O)NCC#Cc2ccc(C(F)(F)F)cc2)c1)c1ccccc1. The molecule has 0 aliphatic carbocycles. The van der Waals surface area contributed by atoms with Crippen molar-refractivity contribution in [3.63, 3.8) is 0 Å². The second-order valence-electron chi connectivity index (χ2n) is 6.84. The lowest BCUT2D eigenvalue weighted by atomic mass is 10.1. The minimum Gasteiger partial charge on any atom is -0.341 e. The molecule has 0 radical (unpaired) electrons. The fraction of sp³-hybridized carbons (Fsp3) is 0.120. The van der Waals surface area contributed by atoms with Crippen molar-refractivity contribution < 1.29 is 22.8 Å². The number of anilines is 1.